The Labute approximate surface area is 80.1 Å². The van der Waals surface area contributed by atoms with Crippen LogP contribution in [-0.2, 0) is 9.53 Å². The molecule has 1 N–H and O–H groups in total. The number of unbranched alkanes of at least 4 members (excludes halogenated alkanes) is 5. The molecule has 0 aromatic heterocycles. The van der Waals surface area contributed by atoms with Crippen LogP contribution in [0.2, 0.25) is 0 Å². The topological polar surface area (TPSA) is 46.5 Å². The number of rotatable bonds is 10. The fourth-order valence-electron chi connectivity index (χ4n) is 1.13. The number of carbonyl (C=O) groups excluding carboxylic acids is 1. The molecule has 0 aromatic carbocycles. The summed E-state index contributed by atoms with van der Waals surface area (Å²) in [5.74, 6) is 0. The van der Waals surface area contributed by atoms with Gasteiger partial charge in [0.1, 0.15) is 6.29 Å². The zero-order valence-corrected chi connectivity index (χ0v) is 8.21. The van der Waals surface area contributed by atoms with Crippen LogP contribution >= 0.6 is 0 Å². The lowest BCUT2D eigenvalue weighted by atomic mass is 10.1. The highest BCUT2D eigenvalue weighted by Crippen LogP contribution is 2.04. The summed E-state index contributed by atoms with van der Waals surface area (Å²) in [5.41, 5.74) is 0. The van der Waals surface area contributed by atoms with E-state index in [1.807, 2.05) is 0 Å². The van der Waals surface area contributed by atoms with Crippen LogP contribution in [-0.4, -0.2) is 31.2 Å². The maximum absolute atomic E-state index is 9.97. The number of hydrogen-bond donors (Lipinski definition) is 1. The molecule has 0 aliphatic carbocycles. The third kappa shape index (κ3) is 11.6. The quantitative estimate of drug-likeness (QED) is 0.418. The minimum absolute atomic E-state index is 0.110. The van der Waals surface area contributed by atoms with Crippen molar-refractivity contribution in [2.45, 2.75) is 38.5 Å². The number of aldehydes is 1. The van der Waals surface area contributed by atoms with Gasteiger partial charge in [-0.25, -0.2) is 0 Å². The molecular formula is C10H20O3. The molecule has 0 aliphatic heterocycles. The summed E-state index contributed by atoms with van der Waals surface area (Å²) >= 11 is 0. The molecule has 78 valence electrons. The molecule has 0 unspecified atom stereocenters. The molecule has 0 aliphatic rings. The van der Waals surface area contributed by atoms with E-state index in [1.54, 1.807) is 0 Å². The first-order valence-electron chi connectivity index (χ1n) is 5.04. The summed E-state index contributed by atoms with van der Waals surface area (Å²) in [4.78, 5) is 9.97. The first-order chi connectivity index (χ1) is 6.41. The van der Waals surface area contributed by atoms with E-state index < -0.39 is 0 Å². The predicted molar refractivity (Wildman–Crippen MR) is 51.7 cm³/mol. The molecule has 3 heteroatoms. The lowest BCUT2D eigenvalue weighted by Crippen LogP contribution is -2.00. The number of hydrogen-bond acceptors (Lipinski definition) is 3. The van der Waals surface area contributed by atoms with E-state index in [9.17, 15) is 4.79 Å². The van der Waals surface area contributed by atoms with Gasteiger partial charge in [0.25, 0.3) is 0 Å². The largest absolute Gasteiger partial charge is 0.394 e. The van der Waals surface area contributed by atoms with Crippen molar-refractivity contribution < 1.29 is 14.6 Å². The van der Waals surface area contributed by atoms with Gasteiger partial charge in [-0.3, -0.25) is 0 Å². The van der Waals surface area contributed by atoms with E-state index in [1.165, 1.54) is 6.42 Å². The Balaban J connectivity index is 2.79. The lowest BCUT2D eigenvalue weighted by Gasteiger charge is -2.01. The standard InChI is InChI=1S/C10H20O3/c11-7-5-3-1-2-4-6-9-13-10-8-12/h7,12H,1-6,8-10H2. The summed E-state index contributed by atoms with van der Waals surface area (Å²) in [7, 11) is 0. The SMILES string of the molecule is O=CCCCCCCCOCCO. The molecule has 0 saturated carbocycles. The lowest BCUT2D eigenvalue weighted by molar-refractivity contribution is -0.107. The molecule has 0 heterocycles. The Kier molecular flexibility index (Phi) is 11.2. The Morgan fingerprint density at radius 2 is 1.69 bits per heavy atom. The molecule has 0 atom stereocenters. The van der Waals surface area contributed by atoms with Crippen LogP contribution < -0.4 is 0 Å². The highest BCUT2D eigenvalue weighted by Gasteiger charge is 1.90. The summed E-state index contributed by atoms with van der Waals surface area (Å²) in [6.07, 6.45) is 7.22. The molecule has 3 nitrogen and oxygen atoms in total. The van der Waals surface area contributed by atoms with Crippen LogP contribution in [0.1, 0.15) is 38.5 Å². The van der Waals surface area contributed by atoms with Crippen molar-refractivity contribution in [3.63, 3.8) is 0 Å². The highest BCUT2D eigenvalue weighted by atomic mass is 16.5. The third-order valence-corrected chi connectivity index (χ3v) is 1.85. The fourth-order valence-corrected chi connectivity index (χ4v) is 1.13. The minimum Gasteiger partial charge on any atom is -0.394 e. The van der Waals surface area contributed by atoms with Gasteiger partial charge in [-0.15, -0.1) is 0 Å². The Morgan fingerprint density at radius 3 is 2.38 bits per heavy atom. The summed E-state index contributed by atoms with van der Waals surface area (Å²) < 4.78 is 5.10. The van der Waals surface area contributed by atoms with Crippen LogP contribution in [0.3, 0.4) is 0 Å². The predicted octanol–water partition coefficient (Wildman–Crippen LogP) is 1.53. The zero-order chi connectivity index (χ0) is 9.78. The van der Waals surface area contributed by atoms with Gasteiger partial charge in [0, 0.05) is 13.0 Å². The molecule has 13 heavy (non-hydrogen) atoms. The monoisotopic (exact) mass is 188 g/mol. The maximum Gasteiger partial charge on any atom is 0.119 e. The third-order valence-electron chi connectivity index (χ3n) is 1.85. The van der Waals surface area contributed by atoms with Gasteiger partial charge in [-0.1, -0.05) is 19.3 Å². The highest BCUT2D eigenvalue weighted by molar-refractivity contribution is 5.48. The Hall–Kier alpha value is -0.410. The number of ether oxygens (including phenoxy) is 1. The summed E-state index contributed by atoms with van der Waals surface area (Å²) in [5, 5.41) is 8.41. The van der Waals surface area contributed by atoms with E-state index in [0.717, 1.165) is 38.6 Å². The molecule has 0 bridgehead atoms. The van der Waals surface area contributed by atoms with E-state index in [2.05, 4.69) is 0 Å². The van der Waals surface area contributed by atoms with Crippen molar-refractivity contribution in [2.75, 3.05) is 19.8 Å². The zero-order valence-electron chi connectivity index (χ0n) is 8.21. The average Bonchev–Trinajstić information content (AvgIpc) is 2.16. The molecule has 0 radical (unpaired) electrons. The second-order valence-electron chi connectivity index (χ2n) is 3.06. The minimum atomic E-state index is 0.110. The number of aliphatic hydroxyl groups excluding tert-OH is 1. The molecule has 0 spiro atoms. The molecule has 0 fully saturated rings. The number of aliphatic hydroxyl groups is 1. The second kappa shape index (κ2) is 11.6. The Morgan fingerprint density at radius 1 is 1.00 bits per heavy atom. The summed E-state index contributed by atoms with van der Waals surface area (Å²) in [6, 6.07) is 0. The van der Waals surface area contributed by atoms with Crippen molar-refractivity contribution in [3.05, 3.63) is 0 Å². The van der Waals surface area contributed by atoms with E-state index in [4.69, 9.17) is 9.84 Å². The van der Waals surface area contributed by atoms with Gasteiger partial charge in [0.2, 0.25) is 0 Å². The van der Waals surface area contributed by atoms with Gasteiger partial charge >= 0.3 is 0 Å². The van der Waals surface area contributed by atoms with Gasteiger partial charge in [0.15, 0.2) is 0 Å². The smallest absolute Gasteiger partial charge is 0.119 e. The first kappa shape index (κ1) is 12.6. The average molecular weight is 188 g/mol. The van der Waals surface area contributed by atoms with Crippen molar-refractivity contribution >= 4 is 6.29 Å². The van der Waals surface area contributed by atoms with Crippen LogP contribution in [0.4, 0.5) is 0 Å². The van der Waals surface area contributed by atoms with Crippen LogP contribution in [0.5, 0.6) is 0 Å². The normalized spacial score (nSPS) is 10.2. The molecule has 0 aromatic rings. The maximum atomic E-state index is 9.97. The van der Waals surface area contributed by atoms with Crippen molar-refractivity contribution in [1.82, 2.24) is 0 Å². The van der Waals surface area contributed by atoms with Crippen LogP contribution in [0.25, 0.3) is 0 Å². The van der Waals surface area contributed by atoms with Gasteiger partial charge in [0.05, 0.1) is 13.2 Å². The van der Waals surface area contributed by atoms with Crippen LogP contribution in [0, 0.1) is 0 Å². The fraction of sp³-hybridized carbons (Fsp3) is 0.900. The van der Waals surface area contributed by atoms with Gasteiger partial charge in [-0.05, 0) is 12.8 Å². The van der Waals surface area contributed by atoms with Crippen molar-refractivity contribution in [2.24, 2.45) is 0 Å². The van der Waals surface area contributed by atoms with Crippen molar-refractivity contribution in [3.8, 4) is 0 Å². The van der Waals surface area contributed by atoms with Gasteiger partial charge in [-0.2, -0.15) is 0 Å². The first-order valence-corrected chi connectivity index (χ1v) is 5.04. The van der Waals surface area contributed by atoms with Crippen LogP contribution in [0.15, 0.2) is 0 Å². The van der Waals surface area contributed by atoms with E-state index in [0.29, 0.717) is 13.0 Å². The molecule has 0 saturated heterocycles. The molecular weight excluding hydrogens is 168 g/mol. The number of carbonyl (C=O) groups is 1. The Bertz CT molecular complexity index is 104. The molecule has 0 rings (SSSR count). The van der Waals surface area contributed by atoms with E-state index >= 15 is 0 Å². The van der Waals surface area contributed by atoms with E-state index in [-0.39, 0.29) is 6.61 Å². The summed E-state index contributed by atoms with van der Waals surface area (Å²) in [6.45, 7) is 1.30. The van der Waals surface area contributed by atoms with Crippen molar-refractivity contribution in [1.29, 1.82) is 0 Å². The van der Waals surface area contributed by atoms with Gasteiger partial charge < -0.3 is 14.6 Å². The second-order valence-corrected chi connectivity index (χ2v) is 3.06. The molecule has 0 amide bonds.